The van der Waals surface area contributed by atoms with Gasteiger partial charge in [-0.3, -0.25) is 4.98 Å². The first kappa shape index (κ1) is 12.8. The lowest BCUT2D eigenvalue weighted by atomic mass is 10.1. The molecule has 0 saturated carbocycles. The van der Waals surface area contributed by atoms with Crippen LogP contribution in [-0.4, -0.2) is 16.1 Å². The fraction of sp³-hybridized carbons (Fsp3) is 0. The van der Waals surface area contributed by atoms with Gasteiger partial charge in [-0.05, 0) is 24.3 Å². The zero-order chi connectivity index (χ0) is 13.3. The fourth-order valence-electron chi connectivity index (χ4n) is 1.43. The monoisotopic (exact) mass is 285 g/mol. The number of carboxylic acids is 1. The molecule has 0 aliphatic carbocycles. The lowest BCUT2D eigenvalue weighted by Crippen LogP contribution is -2.00. The van der Waals surface area contributed by atoms with Gasteiger partial charge < -0.3 is 5.11 Å². The topological polar surface area (TPSA) is 50.2 Å². The summed E-state index contributed by atoms with van der Waals surface area (Å²) in [5.41, 5.74) is 0.124. The Morgan fingerprint density at radius 3 is 2.56 bits per heavy atom. The van der Waals surface area contributed by atoms with Gasteiger partial charge in [0.25, 0.3) is 0 Å². The van der Waals surface area contributed by atoms with Gasteiger partial charge in [0.05, 0.1) is 10.6 Å². The summed E-state index contributed by atoms with van der Waals surface area (Å²) in [5.74, 6) is -1.99. The van der Waals surface area contributed by atoms with Crippen molar-refractivity contribution in [2.75, 3.05) is 0 Å². The molecule has 1 aromatic heterocycles. The largest absolute Gasteiger partial charge is 0.478 e. The molecule has 0 unspecified atom stereocenters. The highest BCUT2D eigenvalue weighted by Gasteiger charge is 2.14. The molecule has 18 heavy (non-hydrogen) atoms. The van der Waals surface area contributed by atoms with Crippen molar-refractivity contribution >= 4 is 29.2 Å². The quantitative estimate of drug-likeness (QED) is 0.911. The number of hydrogen-bond acceptors (Lipinski definition) is 2. The zero-order valence-corrected chi connectivity index (χ0v) is 10.3. The summed E-state index contributed by atoms with van der Waals surface area (Å²) in [6.45, 7) is 0. The van der Waals surface area contributed by atoms with Crippen molar-refractivity contribution in [3.63, 3.8) is 0 Å². The van der Waals surface area contributed by atoms with Gasteiger partial charge in [-0.25, -0.2) is 9.18 Å². The van der Waals surface area contributed by atoms with Crippen LogP contribution in [-0.2, 0) is 0 Å². The summed E-state index contributed by atoms with van der Waals surface area (Å²) in [5, 5.41) is 9.38. The van der Waals surface area contributed by atoms with Crippen LogP contribution in [0.2, 0.25) is 10.0 Å². The van der Waals surface area contributed by atoms with Crippen LogP contribution >= 0.6 is 23.2 Å². The maximum atomic E-state index is 13.8. The van der Waals surface area contributed by atoms with Crippen molar-refractivity contribution < 1.29 is 14.3 Å². The zero-order valence-electron chi connectivity index (χ0n) is 8.82. The van der Waals surface area contributed by atoms with E-state index in [0.717, 1.165) is 12.3 Å². The minimum absolute atomic E-state index is 0.0123. The molecule has 0 bridgehead atoms. The first-order valence-electron chi connectivity index (χ1n) is 4.83. The predicted molar refractivity (Wildman–Crippen MR) is 66.6 cm³/mol. The number of pyridine rings is 1. The number of rotatable bonds is 2. The Bertz CT molecular complexity index is 631. The van der Waals surface area contributed by atoms with Crippen LogP contribution in [0.3, 0.4) is 0 Å². The van der Waals surface area contributed by atoms with Gasteiger partial charge in [0, 0.05) is 16.8 Å². The van der Waals surface area contributed by atoms with Crippen LogP contribution in [0.1, 0.15) is 10.4 Å². The molecule has 0 atom stereocenters. The SMILES string of the molecule is O=C(O)c1cnc(-c2ccc(Cl)cc2Cl)c(F)c1. The van der Waals surface area contributed by atoms with Gasteiger partial charge in [0.2, 0.25) is 0 Å². The van der Waals surface area contributed by atoms with E-state index in [9.17, 15) is 9.18 Å². The second kappa shape index (κ2) is 4.92. The van der Waals surface area contributed by atoms with E-state index >= 15 is 0 Å². The third-order valence-corrected chi connectivity index (χ3v) is 2.82. The Morgan fingerprint density at radius 2 is 2.00 bits per heavy atom. The van der Waals surface area contributed by atoms with E-state index in [1.54, 1.807) is 6.07 Å². The van der Waals surface area contributed by atoms with Gasteiger partial charge in [0.1, 0.15) is 11.5 Å². The van der Waals surface area contributed by atoms with Crippen molar-refractivity contribution in [1.29, 1.82) is 0 Å². The third-order valence-electron chi connectivity index (χ3n) is 2.27. The van der Waals surface area contributed by atoms with E-state index in [4.69, 9.17) is 28.3 Å². The number of aromatic carboxylic acids is 1. The van der Waals surface area contributed by atoms with Gasteiger partial charge in [0.15, 0.2) is 0 Å². The van der Waals surface area contributed by atoms with Crippen molar-refractivity contribution in [2.24, 2.45) is 0 Å². The third kappa shape index (κ3) is 2.44. The Labute approximate surface area is 112 Å². The summed E-state index contributed by atoms with van der Waals surface area (Å²) in [4.78, 5) is 14.4. The molecule has 92 valence electrons. The summed E-state index contributed by atoms with van der Waals surface area (Å²) < 4.78 is 13.8. The summed E-state index contributed by atoms with van der Waals surface area (Å²) in [7, 11) is 0. The van der Waals surface area contributed by atoms with Crippen LogP contribution in [0.5, 0.6) is 0 Å². The van der Waals surface area contributed by atoms with Gasteiger partial charge >= 0.3 is 5.97 Å². The number of benzene rings is 1. The number of nitrogens with zero attached hydrogens (tertiary/aromatic N) is 1. The van der Waals surface area contributed by atoms with Gasteiger partial charge in [-0.2, -0.15) is 0 Å². The van der Waals surface area contributed by atoms with Gasteiger partial charge in [-0.15, -0.1) is 0 Å². The molecule has 1 N–H and O–H groups in total. The number of carboxylic acid groups (broad SMARTS) is 1. The second-order valence-electron chi connectivity index (χ2n) is 3.48. The number of carbonyl (C=O) groups is 1. The number of aromatic nitrogens is 1. The first-order valence-corrected chi connectivity index (χ1v) is 5.59. The molecule has 0 aliphatic heterocycles. The van der Waals surface area contributed by atoms with Crippen LogP contribution in [0.25, 0.3) is 11.3 Å². The maximum Gasteiger partial charge on any atom is 0.337 e. The normalized spacial score (nSPS) is 10.4. The molecular formula is C12H6Cl2FNO2. The molecular weight excluding hydrogens is 280 g/mol. The van der Waals surface area contributed by atoms with E-state index in [0.29, 0.717) is 10.6 Å². The molecule has 3 nitrogen and oxygen atoms in total. The molecule has 0 amide bonds. The minimum atomic E-state index is -1.24. The van der Waals surface area contributed by atoms with Crippen LogP contribution < -0.4 is 0 Å². The van der Waals surface area contributed by atoms with E-state index in [1.807, 2.05) is 0 Å². The Kier molecular flexibility index (Phi) is 3.50. The maximum absolute atomic E-state index is 13.8. The van der Waals surface area contributed by atoms with Crippen molar-refractivity contribution in [2.45, 2.75) is 0 Å². The molecule has 0 spiro atoms. The lowest BCUT2D eigenvalue weighted by Gasteiger charge is -2.06. The predicted octanol–water partition coefficient (Wildman–Crippen LogP) is 3.89. The molecule has 0 aliphatic rings. The van der Waals surface area contributed by atoms with E-state index in [1.165, 1.54) is 12.1 Å². The summed E-state index contributed by atoms with van der Waals surface area (Å²) in [6, 6.07) is 5.44. The molecule has 6 heteroatoms. The molecule has 0 saturated heterocycles. The highest BCUT2D eigenvalue weighted by Crippen LogP contribution is 2.30. The highest BCUT2D eigenvalue weighted by molar-refractivity contribution is 6.36. The van der Waals surface area contributed by atoms with Crippen LogP contribution in [0.15, 0.2) is 30.5 Å². The summed E-state index contributed by atoms with van der Waals surface area (Å²) >= 11 is 11.7. The average Bonchev–Trinajstić information content (AvgIpc) is 2.30. The number of hydrogen-bond donors (Lipinski definition) is 1. The second-order valence-corrected chi connectivity index (χ2v) is 4.33. The van der Waals surface area contributed by atoms with E-state index in [2.05, 4.69) is 4.98 Å². The molecule has 2 rings (SSSR count). The minimum Gasteiger partial charge on any atom is -0.478 e. The fourth-order valence-corrected chi connectivity index (χ4v) is 1.93. The highest BCUT2D eigenvalue weighted by atomic mass is 35.5. The Hall–Kier alpha value is -1.65. The van der Waals surface area contributed by atoms with Crippen LogP contribution in [0.4, 0.5) is 4.39 Å². The smallest absolute Gasteiger partial charge is 0.337 e. The molecule has 0 radical (unpaired) electrons. The molecule has 2 aromatic rings. The molecule has 0 fully saturated rings. The van der Waals surface area contributed by atoms with Crippen molar-refractivity contribution in [3.05, 3.63) is 51.9 Å². The number of halogens is 3. The molecule has 1 aromatic carbocycles. The average molecular weight is 286 g/mol. The van der Waals surface area contributed by atoms with Crippen molar-refractivity contribution in [1.82, 2.24) is 4.98 Å². The first-order chi connectivity index (χ1) is 8.49. The van der Waals surface area contributed by atoms with Crippen molar-refractivity contribution in [3.8, 4) is 11.3 Å². The lowest BCUT2D eigenvalue weighted by molar-refractivity contribution is 0.0696. The standard InChI is InChI=1S/C12H6Cl2FNO2/c13-7-1-2-8(9(14)4-7)11-10(15)3-6(5-16-11)12(17)18/h1-5H,(H,17,18). The van der Waals surface area contributed by atoms with E-state index in [-0.39, 0.29) is 16.3 Å². The Balaban J connectivity index is 2.54. The van der Waals surface area contributed by atoms with Gasteiger partial charge in [-0.1, -0.05) is 23.2 Å². The van der Waals surface area contributed by atoms with E-state index < -0.39 is 11.8 Å². The Morgan fingerprint density at radius 1 is 1.28 bits per heavy atom. The summed E-state index contributed by atoms with van der Waals surface area (Å²) in [6.07, 6.45) is 1.08. The molecule has 1 heterocycles. The van der Waals surface area contributed by atoms with Crippen LogP contribution in [0, 0.1) is 5.82 Å².